The second-order valence-electron chi connectivity index (χ2n) is 4.21. The SMILES string of the molecule is CCCc1ccccc1CC/C=C/C(=O)OCC. The van der Waals surface area contributed by atoms with Gasteiger partial charge < -0.3 is 4.74 Å². The molecule has 0 aliphatic rings. The Morgan fingerprint density at radius 2 is 1.83 bits per heavy atom. The molecule has 0 heterocycles. The Balaban J connectivity index is 2.46. The van der Waals surface area contributed by atoms with Crippen molar-refractivity contribution in [1.29, 1.82) is 0 Å². The van der Waals surface area contributed by atoms with Crippen molar-refractivity contribution in [2.75, 3.05) is 6.61 Å². The van der Waals surface area contributed by atoms with Crippen molar-refractivity contribution in [3.05, 3.63) is 47.5 Å². The van der Waals surface area contributed by atoms with Crippen LogP contribution in [0.3, 0.4) is 0 Å². The van der Waals surface area contributed by atoms with Crippen LogP contribution in [-0.4, -0.2) is 12.6 Å². The van der Waals surface area contributed by atoms with Crippen molar-refractivity contribution in [3.63, 3.8) is 0 Å². The van der Waals surface area contributed by atoms with Crippen LogP contribution >= 0.6 is 0 Å². The van der Waals surface area contributed by atoms with E-state index in [4.69, 9.17) is 4.74 Å². The zero-order chi connectivity index (χ0) is 13.2. The molecule has 2 nitrogen and oxygen atoms in total. The molecule has 0 saturated heterocycles. The van der Waals surface area contributed by atoms with Crippen molar-refractivity contribution >= 4 is 5.97 Å². The molecule has 0 aromatic heterocycles. The van der Waals surface area contributed by atoms with E-state index in [9.17, 15) is 4.79 Å². The minimum absolute atomic E-state index is 0.251. The van der Waals surface area contributed by atoms with Gasteiger partial charge in [0.2, 0.25) is 0 Å². The Morgan fingerprint density at radius 3 is 2.44 bits per heavy atom. The lowest BCUT2D eigenvalue weighted by atomic mass is 9.99. The molecule has 0 saturated carbocycles. The van der Waals surface area contributed by atoms with Crippen molar-refractivity contribution in [1.82, 2.24) is 0 Å². The Bertz CT molecular complexity index is 394. The van der Waals surface area contributed by atoms with Gasteiger partial charge in [0.05, 0.1) is 6.61 Å². The maximum atomic E-state index is 11.1. The summed E-state index contributed by atoms with van der Waals surface area (Å²) >= 11 is 0. The first-order chi connectivity index (χ1) is 8.77. The van der Waals surface area contributed by atoms with E-state index < -0.39 is 0 Å². The molecule has 1 aromatic rings. The van der Waals surface area contributed by atoms with Crippen LogP contribution in [0.1, 0.15) is 37.8 Å². The van der Waals surface area contributed by atoms with Gasteiger partial charge in [-0.05, 0) is 37.3 Å². The molecule has 0 atom stereocenters. The topological polar surface area (TPSA) is 26.3 Å². The van der Waals surface area contributed by atoms with E-state index in [0.717, 1.165) is 25.7 Å². The van der Waals surface area contributed by atoms with Crippen molar-refractivity contribution in [2.24, 2.45) is 0 Å². The molecular weight excluding hydrogens is 224 g/mol. The maximum Gasteiger partial charge on any atom is 0.330 e. The van der Waals surface area contributed by atoms with Gasteiger partial charge in [0.1, 0.15) is 0 Å². The zero-order valence-corrected chi connectivity index (χ0v) is 11.3. The third-order valence-electron chi connectivity index (χ3n) is 2.76. The van der Waals surface area contributed by atoms with E-state index in [-0.39, 0.29) is 5.97 Å². The van der Waals surface area contributed by atoms with Crippen LogP contribution in [0.5, 0.6) is 0 Å². The van der Waals surface area contributed by atoms with Gasteiger partial charge >= 0.3 is 5.97 Å². The molecule has 98 valence electrons. The highest BCUT2D eigenvalue weighted by Gasteiger charge is 1.99. The van der Waals surface area contributed by atoms with Crippen LogP contribution < -0.4 is 0 Å². The average Bonchev–Trinajstić information content (AvgIpc) is 2.37. The first-order valence-corrected chi connectivity index (χ1v) is 6.68. The maximum absolute atomic E-state index is 11.1. The summed E-state index contributed by atoms with van der Waals surface area (Å²) in [6.45, 7) is 4.44. The number of benzene rings is 1. The molecule has 0 unspecified atom stereocenters. The highest BCUT2D eigenvalue weighted by Crippen LogP contribution is 2.13. The lowest BCUT2D eigenvalue weighted by Gasteiger charge is -2.06. The van der Waals surface area contributed by atoms with Crippen molar-refractivity contribution in [3.8, 4) is 0 Å². The van der Waals surface area contributed by atoms with Crippen LogP contribution in [0.15, 0.2) is 36.4 Å². The largest absolute Gasteiger partial charge is 0.463 e. The number of aryl methyl sites for hydroxylation is 2. The number of allylic oxidation sites excluding steroid dienone is 1. The second-order valence-corrected chi connectivity index (χ2v) is 4.21. The number of hydrogen-bond donors (Lipinski definition) is 0. The van der Waals surface area contributed by atoms with E-state index in [0.29, 0.717) is 6.61 Å². The molecular formula is C16H22O2. The molecule has 0 bridgehead atoms. The van der Waals surface area contributed by atoms with Gasteiger partial charge in [0.15, 0.2) is 0 Å². The first kappa shape index (κ1) is 14.5. The summed E-state index contributed by atoms with van der Waals surface area (Å²) in [6.07, 6.45) is 7.55. The normalized spacial score (nSPS) is 10.8. The van der Waals surface area contributed by atoms with Crippen LogP contribution in [0.4, 0.5) is 0 Å². The van der Waals surface area contributed by atoms with E-state index >= 15 is 0 Å². The van der Waals surface area contributed by atoms with E-state index in [1.807, 2.05) is 13.0 Å². The predicted octanol–water partition coefficient (Wildman–Crippen LogP) is 3.69. The van der Waals surface area contributed by atoms with E-state index in [1.54, 1.807) is 0 Å². The lowest BCUT2D eigenvalue weighted by Crippen LogP contribution is -1.99. The van der Waals surface area contributed by atoms with Crippen molar-refractivity contribution < 1.29 is 9.53 Å². The van der Waals surface area contributed by atoms with Gasteiger partial charge in [0, 0.05) is 6.08 Å². The highest BCUT2D eigenvalue weighted by atomic mass is 16.5. The summed E-state index contributed by atoms with van der Waals surface area (Å²) < 4.78 is 4.83. The molecule has 1 aromatic carbocycles. The summed E-state index contributed by atoms with van der Waals surface area (Å²) in [4.78, 5) is 11.1. The molecule has 2 heteroatoms. The van der Waals surface area contributed by atoms with Gasteiger partial charge in [-0.1, -0.05) is 43.7 Å². The van der Waals surface area contributed by atoms with Gasteiger partial charge in [-0.2, -0.15) is 0 Å². The highest BCUT2D eigenvalue weighted by molar-refractivity contribution is 5.81. The summed E-state index contributed by atoms with van der Waals surface area (Å²) in [5.74, 6) is -0.251. The summed E-state index contributed by atoms with van der Waals surface area (Å²) in [5.41, 5.74) is 2.80. The average molecular weight is 246 g/mol. The fraction of sp³-hybridized carbons (Fsp3) is 0.438. The number of ether oxygens (including phenoxy) is 1. The number of carbonyl (C=O) groups is 1. The minimum Gasteiger partial charge on any atom is -0.463 e. The van der Waals surface area contributed by atoms with Gasteiger partial charge in [0.25, 0.3) is 0 Å². The third kappa shape index (κ3) is 5.17. The molecule has 0 spiro atoms. The summed E-state index contributed by atoms with van der Waals surface area (Å²) in [7, 11) is 0. The van der Waals surface area contributed by atoms with Crippen LogP contribution in [0.25, 0.3) is 0 Å². The molecule has 0 aliphatic heterocycles. The zero-order valence-electron chi connectivity index (χ0n) is 11.3. The van der Waals surface area contributed by atoms with Crippen LogP contribution in [-0.2, 0) is 22.4 Å². The minimum atomic E-state index is -0.251. The van der Waals surface area contributed by atoms with Crippen LogP contribution in [0, 0.1) is 0 Å². The Kier molecular flexibility index (Phi) is 6.85. The van der Waals surface area contributed by atoms with Gasteiger partial charge in [-0.25, -0.2) is 4.79 Å². The Labute approximate surface area is 110 Å². The number of hydrogen-bond acceptors (Lipinski definition) is 2. The number of esters is 1. The standard InChI is InChI=1S/C16H22O2/c1-3-9-14-10-5-6-11-15(14)12-7-8-13-16(17)18-4-2/h5-6,8,10-11,13H,3-4,7,9,12H2,1-2H3/b13-8+. The van der Waals surface area contributed by atoms with E-state index in [1.165, 1.54) is 17.2 Å². The number of carbonyl (C=O) groups excluding carboxylic acids is 1. The smallest absolute Gasteiger partial charge is 0.330 e. The third-order valence-corrected chi connectivity index (χ3v) is 2.76. The molecule has 0 aliphatic carbocycles. The fourth-order valence-electron chi connectivity index (χ4n) is 1.92. The fourth-order valence-corrected chi connectivity index (χ4v) is 1.92. The monoisotopic (exact) mass is 246 g/mol. The van der Waals surface area contributed by atoms with Crippen molar-refractivity contribution in [2.45, 2.75) is 39.5 Å². The quantitative estimate of drug-likeness (QED) is 0.542. The molecule has 18 heavy (non-hydrogen) atoms. The summed E-state index contributed by atoms with van der Waals surface area (Å²) in [6, 6.07) is 8.52. The molecule has 0 radical (unpaired) electrons. The molecule has 0 fully saturated rings. The first-order valence-electron chi connectivity index (χ1n) is 6.68. The molecule has 1 rings (SSSR count). The molecule has 0 amide bonds. The Hall–Kier alpha value is -1.57. The van der Waals surface area contributed by atoms with E-state index in [2.05, 4.69) is 31.2 Å². The number of rotatable bonds is 7. The predicted molar refractivity (Wildman–Crippen MR) is 74.5 cm³/mol. The van der Waals surface area contributed by atoms with Crippen LogP contribution in [0.2, 0.25) is 0 Å². The Morgan fingerprint density at radius 1 is 1.17 bits per heavy atom. The van der Waals surface area contributed by atoms with Gasteiger partial charge in [-0.3, -0.25) is 0 Å². The summed E-state index contributed by atoms with van der Waals surface area (Å²) in [5, 5.41) is 0. The second kappa shape index (κ2) is 8.51. The van der Waals surface area contributed by atoms with Gasteiger partial charge in [-0.15, -0.1) is 0 Å². The lowest BCUT2D eigenvalue weighted by molar-refractivity contribution is -0.137. The molecule has 0 N–H and O–H groups in total.